The lowest BCUT2D eigenvalue weighted by Crippen LogP contribution is -2.16. The lowest BCUT2D eigenvalue weighted by atomic mass is 10.1. The molecule has 2 heterocycles. The highest BCUT2D eigenvalue weighted by molar-refractivity contribution is 6.06. The van der Waals surface area contributed by atoms with E-state index in [1.54, 1.807) is 35.1 Å². The van der Waals surface area contributed by atoms with E-state index in [9.17, 15) is 9.59 Å². The summed E-state index contributed by atoms with van der Waals surface area (Å²) in [5.74, 6) is -0.170. The van der Waals surface area contributed by atoms with E-state index < -0.39 is 18.4 Å². The molecule has 0 spiro atoms. The van der Waals surface area contributed by atoms with Crippen LogP contribution in [-0.4, -0.2) is 47.3 Å². The van der Waals surface area contributed by atoms with Crippen molar-refractivity contribution in [2.45, 2.75) is 19.9 Å². The summed E-state index contributed by atoms with van der Waals surface area (Å²) in [7, 11) is 2.97. The second-order valence-corrected chi connectivity index (χ2v) is 7.91. The molecule has 174 valence electrons. The average Bonchev–Trinajstić information content (AvgIpc) is 3.31. The number of fused-ring (bicyclic) bond motifs is 1. The molecule has 8 nitrogen and oxygen atoms in total. The van der Waals surface area contributed by atoms with Gasteiger partial charge in [0.15, 0.2) is 12.3 Å². The molecule has 0 amide bonds. The number of carbonyl (C=O) groups is 2. The highest BCUT2D eigenvalue weighted by Gasteiger charge is 2.21. The molecular formula is C26H25N3O5. The van der Waals surface area contributed by atoms with E-state index in [2.05, 4.69) is 5.10 Å². The van der Waals surface area contributed by atoms with Gasteiger partial charge in [-0.1, -0.05) is 30.3 Å². The van der Waals surface area contributed by atoms with E-state index >= 15 is 0 Å². The van der Waals surface area contributed by atoms with Crippen LogP contribution < -0.4 is 9.47 Å². The molecule has 8 heteroatoms. The number of hydrogen-bond acceptors (Lipinski definition) is 7. The largest absolute Gasteiger partial charge is 0.497 e. The van der Waals surface area contributed by atoms with Crippen LogP contribution in [0.3, 0.4) is 0 Å². The number of rotatable bonds is 8. The Hall–Kier alpha value is -4.20. The molecular weight excluding hydrogens is 434 g/mol. The molecule has 0 fully saturated rings. The first-order valence-corrected chi connectivity index (χ1v) is 10.8. The Morgan fingerprint density at radius 2 is 1.74 bits per heavy atom. The second kappa shape index (κ2) is 9.74. The first-order valence-electron chi connectivity index (χ1n) is 10.8. The van der Waals surface area contributed by atoms with Crippen LogP contribution in [0.15, 0.2) is 60.8 Å². The van der Waals surface area contributed by atoms with E-state index in [1.807, 2.05) is 44.2 Å². The molecule has 0 N–H and O–H groups in total. The smallest absolute Gasteiger partial charge is 0.339 e. The normalized spacial score (nSPS) is 11.0. The van der Waals surface area contributed by atoms with Gasteiger partial charge in [-0.05, 0) is 38.1 Å². The fraction of sp³-hybridized carbons (Fsp3) is 0.231. The fourth-order valence-electron chi connectivity index (χ4n) is 3.64. The summed E-state index contributed by atoms with van der Waals surface area (Å²) in [4.78, 5) is 30.7. The van der Waals surface area contributed by atoms with Crippen LogP contribution in [0.5, 0.6) is 11.5 Å². The maximum absolute atomic E-state index is 13.1. The van der Waals surface area contributed by atoms with Crippen molar-refractivity contribution in [1.82, 2.24) is 14.8 Å². The van der Waals surface area contributed by atoms with Crippen molar-refractivity contribution in [3.63, 3.8) is 0 Å². The minimum atomic E-state index is -0.636. The third-order valence-electron chi connectivity index (χ3n) is 5.39. The van der Waals surface area contributed by atoms with E-state index in [0.717, 1.165) is 5.56 Å². The fourth-order valence-corrected chi connectivity index (χ4v) is 3.64. The van der Waals surface area contributed by atoms with Gasteiger partial charge in [0.05, 0.1) is 42.6 Å². The van der Waals surface area contributed by atoms with Gasteiger partial charge < -0.3 is 14.2 Å². The van der Waals surface area contributed by atoms with Crippen molar-refractivity contribution < 1.29 is 23.8 Å². The topological polar surface area (TPSA) is 92.5 Å². The number of ketones is 1. The zero-order valence-corrected chi connectivity index (χ0v) is 19.4. The number of benzene rings is 2. The quantitative estimate of drug-likeness (QED) is 0.278. The molecule has 0 saturated heterocycles. The average molecular weight is 460 g/mol. The Balaban J connectivity index is 1.67. The van der Waals surface area contributed by atoms with Gasteiger partial charge in [0.2, 0.25) is 5.78 Å². The van der Waals surface area contributed by atoms with Gasteiger partial charge in [-0.25, -0.2) is 14.5 Å². The van der Waals surface area contributed by atoms with E-state index in [-0.39, 0.29) is 11.6 Å². The highest BCUT2D eigenvalue weighted by Crippen LogP contribution is 2.28. The predicted octanol–water partition coefficient (Wildman–Crippen LogP) is 4.74. The third-order valence-corrected chi connectivity index (χ3v) is 5.39. The molecule has 0 bridgehead atoms. The van der Waals surface area contributed by atoms with Gasteiger partial charge in [-0.15, -0.1) is 0 Å². The molecule has 4 aromatic rings. The highest BCUT2D eigenvalue weighted by atomic mass is 16.5. The molecule has 0 saturated carbocycles. The van der Waals surface area contributed by atoms with Crippen LogP contribution in [0.1, 0.15) is 40.6 Å². The number of aromatic nitrogens is 3. The van der Waals surface area contributed by atoms with Crippen molar-refractivity contribution in [2.24, 2.45) is 0 Å². The zero-order valence-electron chi connectivity index (χ0n) is 19.4. The number of esters is 1. The summed E-state index contributed by atoms with van der Waals surface area (Å²) < 4.78 is 17.7. The zero-order chi connectivity index (χ0) is 24.2. The molecule has 0 atom stereocenters. The lowest BCUT2D eigenvalue weighted by Gasteiger charge is -2.12. The van der Waals surface area contributed by atoms with E-state index in [1.165, 1.54) is 14.2 Å². The predicted molar refractivity (Wildman–Crippen MR) is 128 cm³/mol. The lowest BCUT2D eigenvalue weighted by molar-refractivity contribution is 0.0476. The maximum Gasteiger partial charge on any atom is 0.339 e. The van der Waals surface area contributed by atoms with Gasteiger partial charge in [-0.2, -0.15) is 5.10 Å². The van der Waals surface area contributed by atoms with E-state index in [0.29, 0.717) is 33.8 Å². The monoisotopic (exact) mass is 459 g/mol. The number of methoxy groups -OCH3 is 2. The summed E-state index contributed by atoms with van der Waals surface area (Å²) >= 11 is 0. The Bertz CT molecular complexity index is 1350. The van der Waals surface area contributed by atoms with Gasteiger partial charge in [0.1, 0.15) is 11.5 Å². The number of carbonyl (C=O) groups excluding carboxylic acids is 2. The van der Waals surface area contributed by atoms with Crippen LogP contribution in [0.25, 0.3) is 22.3 Å². The number of Topliss-reactive ketones (excluding diaryl/α,β-unsaturated/α-hetero) is 1. The van der Waals surface area contributed by atoms with Crippen molar-refractivity contribution in [3.05, 3.63) is 71.9 Å². The summed E-state index contributed by atoms with van der Waals surface area (Å²) in [6, 6.07) is 16.1. The minimum Gasteiger partial charge on any atom is -0.497 e. The van der Waals surface area contributed by atoms with Crippen LogP contribution in [0, 0.1) is 0 Å². The summed E-state index contributed by atoms with van der Waals surface area (Å²) in [5, 5.41) is 4.97. The van der Waals surface area contributed by atoms with Crippen LogP contribution in [-0.2, 0) is 4.74 Å². The summed E-state index contributed by atoms with van der Waals surface area (Å²) in [5.41, 5.74) is 2.60. The Morgan fingerprint density at radius 3 is 2.41 bits per heavy atom. The number of nitrogens with zero attached hydrogens (tertiary/aromatic N) is 3. The summed E-state index contributed by atoms with van der Waals surface area (Å²) in [6.07, 6.45) is 1.60. The van der Waals surface area contributed by atoms with Crippen molar-refractivity contribution >= 4 is 22.8 Å². The Morgan fingerprint density at radius 1 is 0.971 bits per heavy atom. The minimum absolute atomic E-state index is 0.0435. The molecule has 2 aromatic carbocycles. The van der Waals surface area contributed by atoms with Crippen LogP contribution >= 0.6 is 0 Å². The third kappa shape index (κ3) is 4.47. The molecule has 0 aliphatic heterocycles. The van der Waals surface area contributed by atoms with E-state index in [4.69, 9.17) is 19.2 Å². The van der Waals surface area contributed by atoms with Gasteiger partial charge in [0.25, 0.3) is 0 Å². The number of pyridine rings is 1. The SMILES string of the molecule is COc1ccc(OC)c(C(=O)COC(=O)c2cc(-c3ccccc3)nc3c2cnn3C(C)C)c1. The molecule has 0 aliphatic rings. The van der Waals surface area contributed by atoms with Crippen molar-refractivity contribution in [2.75, 3.05) is 20.8 Å². The van der Waals surface area contributed by atoms with Gasteiger partial charge in [0, 0.05) is 11.6 Å². The standard InChI is InChI=1S/C26H25N3O5/c1-16(2)29-25-21(14-27-29)19(13-22(28-25)17-8-6-5-7-9-17)26(31)34-15-23(30)20-12-18(32-3)10-11-24(20)33-4/h5-14,16H,15H2,1-4H3. The van der Waals surface area contributed by atoms with Crippen LogP contribution in [0.2, 0.25) is 0 Å². The van der Waals surface area contributed by atoms with Crippen molar-refractivity contribution in [1.29, 1.82) is 0 Å². The molecule has 0 aliphatic carbocycles. The van der Waals surface area contributed by atoms with Crippen molar-refractivity contribution in [3.8, 4) is 22.8 Å². The Kier molecular flexibility index (Phi) is 6.58. The number of hydrogen-bond donors (Lipinski definition) is 0. The first kappa shape index (κ1) is 23.0. The Labute approximate surface area is 197 Å². The van der Waals surface area contributed by atoms with Gasteiger partial charge >= 0.3 is 5.97 Å². The molecule has 34 heavy (non-hydrogen) atoms. The second-order valence-electron chi connectivity index (χ2n) is 7.91. The van der Waals surface area contributed by atoms with Gasteiger partial charge in [-0.3, -0.25) is 4.79 Å². The maximum atomic E-state index is 13.1. The molecule has 2 aromatic heterocycles. The molecule has 0 radical (unpaired) electrons. The number of ether oxygens (including phenoxy) is 3. The first-order chi connectivity index (χ1) is 16.4. The van der Waals surface area contributed by atoms with Crippen LogP contribution in [0.4, 0.5) is 0 Å². The summed E-state index contributed by atoms with van der Waals surface area (Å²) in [6.45, 7) is 3.52. The molecule has 4 rings (SSSR count). The molecule has 0 unspecified atom stereocenters.